The second kappa shape index (κ2) is 8.76. The van der Waals surface area contributed by atoms with Crippen LogP contribution in [0.3, 0.4) is 0 Å². The zero-order valence-electron chi connectivity index (χ0n) is 17.4. The summed E-state index contributed by atoms with van der Waals surface area (Å²) in [5.41, 5.74) is 4.18. The molecule has 0 atom stereocenters. The van der Waals surface area contributed by atoms with Crippen molar-refractivity contribution in [2.24, 2.45) is 0 Å². The Kier molecular flexibility index (Phi) is 5.52. The van der Waals surface area contributed by atoms with Gasteiger partial charge in [0.25, 0.3) is 5.56 Å². The highest BCUT2D eigenvalue weighted by atomic mass is 16.5. The summed E-state index contributed by atoms with van der Waals surface area (Å²) in [7, 11) is 0. The summed E-state index contributed by atoms with van der Waals surface area (Å²) in [6.07, 6.45) is 6.03. The zero-order chi connectivity index (χ0) is 21.0. The number of nitrogens with zero attached hydrogens (tertiary/aromatic N) is 2. The molecule has 1 saturated carbocycles. The third kappa shape index (κ3) is 4.24. The minimum atomic E-state index is -0.192. The smallest absolute Gasteiger partial charge is 0.279 e. The lowest BCUT2D eigenvalue weighted by molar-refractivity contribution is 0.319. The van der Waals surface area contributed by atoms with Gasteiger partial charge in [-0.3, -0.25) is 9.89 Å². The maximum Gasteiger partial charge on any atom is 0.279 e. The summed E-state index contributed by atoms with van der Waals surface area (Å²) in [6.45, 7) is 0.595. The molecule has 2 N–H and O–H groups in total. The van der Waals surface area contributed by atoms with E-state index in [1.54, 1.807) is 0 Å². The van der Waals surface area contributed by atoms with Crippen molar-refractivity contribution >= 4 is 11.0 Å². The Morgan fingerprint density at radius 1 is 0.968 bits per heavy atom. The zero-order valence-corrected chi connectivity index (χ0v) is 17.4. The van der Waals surface area contributed by atoms with Crippen LogP contribution in [0.4, 0.5) is 0 Å². The standard InChI is InChI=1S/C25H26N4O2/c30-25-24-23(22(28-29-24)18-10-4-5-11-18)26-21(27-25)16-19-12-6-7-13-20(19)31-15-14-17-8-2-1-3-9-17/h1-3,6-9,12-13,18H,4-5,10-11,14-16H2,(H,28,29)(H,26,27,30). The number of benzene rings is 2. The summed E-state index contributed by atoms with van der Waals surface area (Å²) in [5.74, 6) is 1.88. The van der Waals surface area contributed by atoms with Gasteiger partial charge in [-0.05, 0) is 24.5 Å². The van der Waals surface area contributed by atoms with Crippen molar-refractivity contribution in [3.8, 4) is 5.75 Å². The highest BCUT2D eigenvalue weighted by molar-refractivity contribution is 5.76. The van der Waals surface area contributed by atoms with Crippen LogP contribution in [0.2, 0.25) is 0 Å². The molecule has 2 heterocycles. The average molecular weight is 415 g/mol. The predicted octanol–water partition coefficient (Wildman–Crippen LogP) is 4.52. The molecule has 0 spiro atoms. The highest BCUT2D eigenvalue weighted by Crippen LogP contribution is 2.35. The lowest BCUT2D eigenvalue weighted by Crippen LogP contribution is -2.13. The van der Waals surface area contributed by atoms with Crippen molar-refractivity contribution in [2.45, 2.75) is 44.4 Å². The molecule has 2 aromatic heterocycles. The van der Waals surface area contributed by atoms with E-state index in [1.165, 1.54) is 18.4 Å². The Morgan fingerprint density at radius 3 is 2.58 bits per heavy atom. The van der Waals surface area contributed by atoms with Crippen molar-refractivity contribution in [2.75, 3.05) is 6.61 Å². The van der Waals surface area contributed by atoms with Crippen LogP contribution in [0.15, 0.2) is 59.4 Å². The molecule has 0 saturated heterocycles. The first-order valence-electron chi connectivity index (χ1n) is 11.0. The van der Waals surface area contributed by atoms with E-state index >= 15 is 0 Å². The van der Waals surface area contributed by atoms with Gasteiger partial charge in [0.1, 0.15) is 17.1 Å². The van der Waals surface area contributed by atoms with Gasteiger partial charge in [-0.15, -0.1) is 0 Å². The van der Waals surface area contributed by atoms with E-state index in [2.05, 4.69) is 27.3 Å². The van der Waals surface area contributed by atoms with Gasteiger partial charge in [0.15, 0.2) is 5.52 Å². The molecule has 1 aliphatic carbocycles. The number of aromatic nitrogens is 4. The second-order valence-corrected chi connectivity index (χ2v) is 8.20. The molecule has 0 radical (unpaired) electrons. The Hall–Kier alpha value is -3.41. The summed E-state index contributed by atoms with van der Waals surface area (Å²) in [4.78, 5) is 20.3. The van der Waals surface area contributed by atoms with Gasteiger partial charge in [-0.1, -0.05) is 61.4 Å². The molecular weight excluding hydrogens is 388 g/mol. The van der Waals surface area contributed by atoms with Crippen LogP contribution in [0.5, 0.6) is 5.75 Å². The molecule has 31 heavy (non-hydrogen) atoms. The van der Waals surface area contributed by atoms with Crippen LogP contribution >= 0.6 is 0 Å². The average Bonchev–Trinajstić information content (AvgIpc) is 3.46. The number of para-hydroxylation sites is 1. The first kappa shape index (κ1) is 19.5. The third-order valence-electron chi connectivity index (χ3n) is 6.07. The second-order valence-electron chi connectivity index (χ2n) is 8.20. The van der Waals surface area contributed by atoms with Gasteiger partial charge >= 0.3 is 0 Å². The van der Waals surface area contributed by atoms with E-state index in [9.17, 15) is 4.79 Å². The number of hydrogen-bond donors (Lipinski definition) is 2. The molecule has 1 aliphatic rings. The molecule has 4 aromatic rings. The van der Waals surface area contributed by atoms with Gasteiger partial charge in [0.05, 0.1) is 12.3 Å². The van der Waals surface area contributed by atoms with E-state index < -0.39 is 0 Å². The molecule has 6 nitrogen and oxygen atoms in total. The summed E-state index contributed by atoms with van der Waals surface area (Å²) >= 11 is 0. The molecule has 0 bridgehead atoms. The van der Waals surface area contributed by atoms with E-state index in [0.29, 0.717) is 35.8 Å². The van der Waals surface area contributed by atoms with Gasteiger partial charge in [-0.25, -0.2) is 4.98 Å². The number of ether oxygens (including phenoxy) is 1. The van der Waals surface area contributed by atoms with Crippen molar-refractivity contribution < 1.29 is 4.74 Å². The van der Waals surface area contributed by atoms with Crippen LogP contribution < -0.4 is 10.3 Å². The largest absolute Gasteiger partial charge is 0.493 e. The van der Waals surface area contributed by atoms with Crippen molar-refractivity contribution in [3.05, 3.63) is 87.6 Å². The summed E-state index contributed by atoms with van der Waals surface area (Å²) < 4.78 is 6.08. The molecule has 0 unspecified atom stereocenters. The topological polar surface area (TPSA) is 83.7 Å². The highest BCUT2D eigenvalue weighted by Gasteiger charge is 2.23. The Labute approximate surface area is 180 Å². The maximum absolute atomic E-state index is 12.6. The van der Waals surface area contributed by atoms with Gasteiger partial charge in [-0.2, -0.15) is 5.10 Å². The molecule has 2 aromatic carbocycles. The number of rotatable bonds is 7. The maximum atomic E-state index is 12.6. The lowest BCUT2D eigenvalue weighted by Gasteiger charge is -2.12. The normalized spacial score (nSPS) is 14.3. The van der Waals surface area contributed by atoms with Crippen molar-refractivity contribution in [3.63, 3.8) is 0 Å². The molecule has 0 amide bonds. The van der Waals surface area contributed by atoms with Crippen LogP contribution in [0.25, 0.3) is 11.0 Å². The monoisotopic (exact) mass is 414 g/mol. The van der Waals surface area contributed by atoms with Crippen LogP contribution in [0.1, 0.15) is 54.2 Å². The van der Waals surface area contributed by atoms with Crippen LogP contribution in [-0.4, -0.2) is 26.8 Å². The van der Waals surface area contributed by atoms with E-state index in [-0.39, 0.29) is 5.56 Å². The van der Waals surface area contributed by atoms with Gasteiger partial charge < -0.3 is 9.72 Å². The number of hydrogen-bond acceptors (Lipinski definition) is 4. The van der Waals surface area contributed by atoms with Gasteiger partial charge in [0.2, 0.25) is 0 Å². The quantitative estimate of drug-likeness (QED) is 0.466. The van der Waals surface area contributed by atoms with E-state index in [0.717, 1.165) is 36.3 Å². The first-order chi connectivity index (χ1) is 15.3. The van der Waals surface area contributed by atoms with Crippen LogP contribution in [0, 0.1) is 0 Å². The molecular formula is C25H26N4O2. The van der Waals surface area contributed by atoms with Crippen LogP contribution in [-0.2, 0) is 12.8 Å². The first-order valence-corrected chi connectivity index (χ1v) is 11.0. The minimum absolute atomic E-state index is 0.192. The summed E-state index contributed by atoms with van der Waals surface area (Å²) in [5, 5.41) is 7.33. The fourth-order valence-electron chi connectivity index (χ4n) is 4.45. The molecule has 158 valence electrons. The molecule has 1 fully saturated rings. The summed E-state index contributed by atoms with van der Waals surface area (Å²) in [6, 6.07) is 18.2. The fourth-order valence-corrected chi connectivity index (χ4v) is 4.45. The number of nitrogens with one attached hydrogen (secondary N) is 2. The van der Waals surface area contributed by atoms with Gasteiger partial charge in [0, 0.05) is 24.3 Å². The number of H-pyrrole nitrogens is 2. The Morgan fingerprint density at radius 2 is 1.74 bits per heavy atom. The lowest BCUT2D eigenvalue weighted by atomic mass is 10.0. The number of fused-ring (bicyclic) bond motifs is 1. The molecule has 5 rings (SSSR count). The molecule has 0 aliphatic heterocycles. The van der Waals surface area contributed by atoms with E-state index in [1.807, 2.05) is 42.5 Å². The third-order valence-corrected chi connectivity index (χ3v) is 6.07. The predicted molar refractivity (Wildman–Crippen MR) is 121 cm³/mol. The van der Waals surface area contributed by atoms with Crippen molar-refractivity contribution in [1.82, 2.24) is 20.2 Å². The minimum Gasteiger partial charge on any atom is -0.493 e. The Bertz CT molecular complexity index is 1220. The number of aromatic amines is 2. The SMILES string of the molecule is O=c1[nH]c(Cc2ccccc2OCCc2ccccc2)nc2c(C3CCCC3)[nH]nc12. The van der Waals surface area contributed by atoms with Crippen molar-refractivity contribution in [1.29, 1.82) is 0 Å². The fraction of sp³-hybridized carbons (Fsp3) is 0.320. The molecule has 6 heteroatoms. The Balaban J connectivity index is 1.37. The van der Waals surface area contributed by atoms with E-state index in [4.69, 9.17) is 9.72 Å².